The van der Waals surface area contributed by atoms with Gasteiger partial charge in [0, 0.05) is 5.39 Å². The fourth-order valence-corrected chi connectivity index (χ4v) is 3.15. The molecule has 2 aromatic rings. The molecular weight excluding hydrogens is 314 g/mol. The highest BCUT2D eigenvalue weighted by atomic mass is 79.9. The highest BCUT2D eigenvalue weighted by Crippen LogP contribution is 2.32. The quantitative estimate of drug-likeness (QED) is 0.693. The van der Waals surface area contributed by atoms with Crippen molar-refractivity contribution in [1.29, 1.82) is 0 Å². The van der Waals surface area contributed by atoms with Gasteiger partial charge in [0.15, 0.2) is 0 Å². The number of hydrogen-bond acceptors (Lipinski definition) is 2. The fourth-order valence-electron chi connectivity index (χ4n) is 2.69. The fraction of sp³-hybridized carbons (Fsp3) is 0.529. The maximum atomic E-state index is 6.35. The molecule has 110 valence electrons. The molecule has 0 aliphatic carbocycles. The lowest BCUT2D eigenvalue weighted by molar-refractivity contribution is 0.361. The lowest BCUT2D eigenvalue weighted by atomic mass is 9.91. The number of nitrogens with two attached hydrogens (primary N) is 1. The van der Waals surface area contributed by atoms with Crippen molar-refractivity contribution in [2.75, 3.05) is 0 Å². The summed E-state index contributed by atoms with van der Waals surface area (Å²) < 4.78 is 6.93. The van der Waals surface area contributed by atoms with Gasteiger partial charge in [0.2, 0.25) is 0 Å². The smallest absolute Gasteiger partial charge is 0.148 e. The van der Waals surface area contributed by atoms with Crippen LogP contribution in [0.4, 0.5) is 0 Å². The molecule has 2 rings (SSSR count). The number of hydrogen-bond donors (Lipinski definition) is 1. The van der Waals surface area contributed by atoms with E-state index < -0.39 is 0 Å². The minimum absolute atomic E-state index is 0.00361. The third kappa shape index (κ3) is 3.64. The van der Waals surface area contributed by atoms with Crippen molar-refractivity contribution in [2.24, 2.45) is 11.7 Å². The van der Waals surface area contributed by atoms with E-state index in [1.54, 1.807) is 0 Å². The predicted octanol–water partition coefficient (Wildman–Crippen LogP) is 5.80. The van der Waals surface area contributed by atoms with Gasteiger partial charge in [-0.05, 0) is 40.4 Å². The molecule has 1 aromatic heterocycles. The molecule has 1 heterocycles. The average molecular weight is 338 g/mol. The lowest BCUT2D eigenvalue weighted by Crippen LogP contribution is -2.14. The Balaban J connectivity index is 2.10. The molecule has 0 spiro atoms. The van der Waals surface area contributed by atoms with E-state index in [0.29, 0.717) is 5.92 Å². The average Bonchev–Trinajstić information content (AvgIpc) is 2.89. The van der Waals surface area contributed by atoms with E-state index in [2.05, 4.69) is 41.9 Å². The van der Waals surface area contributed by atoms with Gasteiger partial charge in [0.1, 0.15) is 11.3 Å². The molecule has 0 amide bonds. The molecule has 20 heavy (non-hydrogen) atoms. The van der Waals surface area contributed by atoms with Crippen LogP contribution in [0, 0.1) is 5.92 Å². The number of unbranched alkanes of at least 4 members (excludes halogenated alkanes) is 1. The molecule has 2 atom stereocenters. The highest BCUT2D eigenvalue weighted by molar-refractivity contribution is 9.10. The van der Waals surface area contributed by atoms with Crippen LogP contribution in [0.15, 0.2) is 33.2 Å². The highest BCUT2D eigenvalue weighted by Gasteiger charge is 2.17. The normalized spacial score (nSPS) is 14.6. The van der Waals surface area contributed by atoms with Crippen LogP contribution in [0.2, 0.25) is 0 Å². The van der Waals surface area contributed by atoms with Crippen molar-refractivity contribution in [3.8, 4) is 0 Å². The van der Waals surface area contributed by atoms with E-state index >= 15 is 0 Å². The second-order valence-electron chi connectivity index (χ2n) is 5.57. The Kier molecular flexibility index (Phi) is 5.67. The van der Waals surface area contributed by atoms with Gasteiger partial charge in [-0.3, -0.25) is 0 Å². The second kappa shape index (κ2) is 7.28. The standard InChI is InChI=1S/C17H24BrNO/c1-3-5-7-12(4-2)10-15(19)16-11-13-8-6-9-14(18)17(13)20-16/h6,8-9,11-12,15H,3-5,7,10,19H2,1-2H3. The molecule has 0 bridgehead atoms. The van der Waals surface area contributed by atoms with Crippen LogP contribution in [0.3, 0.4) is 0 Å². The van der Waals surface area contributed by atoms with Crippen LogP contribution < -0.4 is 5.73 Å². The second-order valence-corrected chi connectivity index (χ2v) is 6.42. The first-order valence-corrected chi connectivity index (χ1v) is 8.38. The van der Waals surface area contributed by atoms with Crippen LogP contribution in [0.5, 0.6) is 0 Å². The summed E-state index contributed by atoms with van der Waals surface area (Å²) in [7, 11) is 0. The summed E-state index contributed by atoms with van der Waals surface area (Å²) in [6.45, 7) is 4.49. The van der Waals surface area contributed by atoms with Crippen LogP contribution in [0.1, 0.15) is 57.8 Å². The minimum Gasteiger partial charge on any atom is -0.458 e. The van der Waals surface area contributed by atoms with Gasteiger partial charge >= 0.3 is 0 Å². The van der Waals surface area contributed by atoms with E-state index in [-0.39, 0.29) is 6.04 Å². The van der Waals surface area contributed by atoms with Crippen molar-refractivity contribution in [3.63, 3.8) is 0 Å². The summed E-state index contributed by atoms with van der Waals surface area (Å²) in [5.41, 5.74) is 7.25. The molecule has 0 aliphatic heterocycles. The Morgan fingerprint density at radius 2 is 2.10 bits per heavy atom. The van der Waals surface area contributed by atoms with E-state index in [0.717, 1.165) is 27.6 Å². The molecule has 3 heteroatoms. The van der Waals surface area contributed by atoms with Crippen molar-refractivity contribution in [2.45, 2.75) is 52.0 Å². The largest absolute Gasteiger partial charge is 0.458 e. The summed E-state index contributed by atoms with van der Waals surface area (Å²) in [5, 5.41) is 1.12. The predicted molar refractivity (Wildman–Crippen MR) is 88.8 cm³/mol. The summed E-state index contributed by atoms with van der Waals surface area (Å²) in [4.78, 5) is 0. The van der Waals surface area contributed by atoms with Crippen LogP contribution in [-0.2, 0) is 0 Å². The van der Waals surface area contributed by atoms with Gasteiger partial charge in [-0.1, -0.05) is 51.7 Å². The zero-order valence-corrected chi connectivity index (χ0v) is 13.9. The number of para-hydroxylation sites is 1. The zero-order valence-electron chi connectivity index (χ0n) is 12.4. The van der Waals surface area contributed by atoms with Crippen LogP contribution >= 0.6 is 15.9 Å². The van der Waals surface area contributed by atoms with Gasteiger partial charge in [-0.25, -0.2) is 0 Å². The number of halogens is 1. The maximum Gasteiger partial charge on any atom is 0.148 e. The topological polar surface area (TPSA) is 39.2 Å². The van der Waals surface area contributed by atoms with E-state index in [9.17, 15) is 0 Å². The summed E-state index contributed by atoms with van der Waals surface area (Å²) in [6.07, 6.45) is 6.01. The SMILES string of the molecule is CCCCC(CC)CC(N)c1cc2cccc(Br)c2o1. The monoisotopic (exact) mass is 337 g/mol. The molecule has 0 aliphatic rings. The number of fused-ring (bicyclic) bond motifs is 1. The summed E-state index contributed by atoms with van der Waals surface area (Å²) in [6, 6.07) is 8.16. The maximum absolute atomic E-state index is 6.35. The molecule has 2 unspecified atom stereocenters. The molecule has 0 fully saturated rings. The van der Waals surface area contributed by atoms with Crippen molar-refractivity contribution >= 4 is 26.9 Å². The number of rotatable bonds is 7. The third-order valence-electron chi connectivity index (χ3n) is 4.01. The van der Waals surface area contributed by atoms with E-state index in [4.69, 9.17) is 10.2 Å². The van der Waals surface area contributed by atoms with Crippen molar-refractivity contribution < 1.29 is 4.42 Å². The van der Waals surface area contributed by atoms with E-state index in [1.807, 2.05) is 12.1 Å². The first-order chi connectivity index (χ1) is 9.65. The van der Waals surface area contributed by atoms with Gasteiger partial charge < -0.3 is 10.2 Å². The van der Waals surface area contributed by atoms with E-state index in [1.165, 1.54) is 25.7 Å². The Bertz CT molecular complexity index is 549. The molecule has 2 N–H and O–H groups in total. The molecule has 0 saturated carbocycles. The first-order valence-electron chi connectivity index (χ1n) is 7.59. The first kappa shape index (κ1) is 15.6. The van der Waals surface area contributed by atoms with Gasteiger partial charge in [0.25, 0.3) is 0 Å². The van der Waals surface area contributed by atoms with Gasteiger partial charge in [0.05, 0.1) is 10.5 Å². The molecule has 0 saturated heterocycles. The Morgan fingerprint density at radius 3 is 2.75 bits per heavy atom. The third-order valence-corrected chi connectivity index (χ3v) is 4.64. The summed E-state index contributed by atoms with van der Waals surface area (Å²) in [5.74, 6) is 1.60. The Morgan fingerprint density at radius 1 is 1.30 bits per heavy atom. The Labute approximate surface area is 129 Å². The number of benzene rings is 1. The molecular formula is C17H24BrNO. The van der Waals surface area contributed by atoms with Gasteiger partial charge in [-0.15, -0.1) is 0 Å². The number of furan rings is 1. The summed E-state index contributed by atoms with van der Waals surface area (Å²) >= 11 is 3.52. The molecule has 0 radical (unpaired) electrons. The molecule has 1 aromatic carbocycles. The van der Waals surface area contributed by atoms with Crippen LogP contribution in [0.25, 0.3) is 11.0 Å². The zero-order chi connectivity index (χ0) is 14.5. The van der Waals surface area contributed by atoms with Crippen LogP contribution in [-0.4, -0.2) is 0 Å². The lowest BCUT2D eigenvalue weighted by Gasteiger charge is -2.18. The van der Waals surface area contributed by atoms with Crippen molar-refractivity contribution in [1.82, 2.24) is 0 Å². The van der Waals surface area contributed by atoms with Gasteiger partial charge in [-0.2, -0.15) is 0 Å². The molecule has 2 nitrogen and oxygen atoms in total. The Hall–Kier alpha value is -0.800. The minimum atomic E-state index is -0.00361. The van der Waals surface area contributed by atoms with Crippen molar-refractivity contribution in [3.05, 3.63) is 34.5 Å².